The molecule has 8 heteroatoms. The monoisotopic (exact) mass is 412 g/mol. The molecule has 0 atom stereocenters. The molecule has 2 aliphatic rings. The number of nitrogens with one attached hydrogen (secondary N) is 1. The summed E-state index contributed by atoms with van der Waals surface area (Å²) >= 11 is 4.93. The van der Waals surface area contributed by atoms with Crippen molar-refractivity contribution in [1.29, 1.82) is 0 Å². The topological polar surface area (TPSA) is 67.8 Å². The van der Waals surface area contributed by atoms with Gasteiger partial charge in [0.15, 0.2) is 0 Å². The SMILES string of the molecule is COC(=O)c1c(NC(=O)CCSC2=NCCS2)sc2c1CCCCCC2. The van der Waals surface area contributed by atoms with Crippen molar-refractivity contribution in [3.63, 3.8) is 0 Å². The number of amides is 1. The normalized spacial score (nSPS) is 17.0. The van der Waals surface area contributed by atoms with Crippen molar-refractivity contribution < 1.29 is 14.3 Å². The maximum Gasteiger partial charge on any atom is 0.341 e. The highest BCUT2D eigenvalue weighted by molar-refractivity contribution is 8.39. The number of thioether (sulfide) groups is 2. The molecule has 0 unspecified atom stereocenters. The predicted octanol–water partition coefficient (Wildman–Crippen LogP) is 4.36. The van der Waals surface area contributed by atoms with Crippen molar-refractivity contribution >= 4 is 56.1 Å². The van der Waals surface area contributed by atoms with Gasteiger partial charge in [0, 0.05) is 22.8 Å². The van der Waals surface area contributed by atoms with Crippen molar-refractivity contribution in [2.45, 2.75) is 44.9 Å². The number of ether oxygens (including phenoxy) is 1. The molecular weight excluding hydrogens is 388 g/mol. The van der Waals surface area contributed by atoms with Gasteiger partial charge >= 0.3 is 5.97 Å². The molecule has 1 aliphatic heterocycles. The molecule has 1 amide bonds. The highest BCUT2D eigenvalue weighted by Crippen LogP contribution is 2.37. The van der Waals surface area contributed by atoms with Crippen LogP contribution in [0.1, 0.15) is 52.9 Å². The zero-order valence-corrected chi connectivity index (χ0v) is 17.4. The largest absolute Gasteiger partial charge is 0.465 e. The molecular formula is C18H24N2O3S3. The second-order valence-electron chi connectivity index (χ2n) is 6.26. The standard InChI is InChI=1S/C18H24N2O3S3/c1-23-17(22)15-12-6-4-2-3-5-7-13(12)26-16(15)20-14(21)8-10-24-18-19-9-11-25-18/h2-11H2,1H3,(H,20,21). The lowest BCUT2D eigenvalue weighted by Crippen LogP contribution is -2.15. The fraction of sp³-hybridized carbons (Fsp3) is 0.611. The summed E-state index contributed by atoms with van der Waals surface area (Å²) in [6.45, 7) is 0.877. The summed E-state index contributed by atoms with van der Waals surface area (Å²) < 4.78 is 6.07. The van der Waals surface area contributed by atoms with Crippen LogP contribution in [0.3, 0.4) is 0 Å². The van der Waals surface area contributed by atoms with E-state index >= 15 is 0 Å². The second kappa shape index (κ2) is 9.80. The van der Waals surface area contributed by atoms with Gasteiger partial charge in [0.2, 0.25) is 5.91 Å². The molecule has 5 nitrogen and oxygen atoms in total. The van der Waals surface area contributed by atoms with Crippen molar-refractivity contribution in [3.05, 3.63) is 16.0 Å². The van der Waals surface area contributed by atoms with Crippen molar-refractivity contribution in [3.8, 4) is 0 Å². The lowest BCUT2D eigenvalue weighted by Gasteiger charge is -2.11. The van der Waals surface area contributed by atoms with Gasteiger partial charge in [0.05, 0.1) is 19.2 Å². The second-order valence-corrected chi connectivity index (χ2v) is 9.79. The van der Waals surface area contributed by atoms with Gasteiger partial charge in [-0.25, -0.2) is 4.79 Å². The zero-order chi connectivity index (χ0) is 18.4. The van der Waals surface area contributed by atoms with Gasteiger partial charge in [-0.2, -0.15) is 0 Å². The third-order valence-electron chi connectivity index (χ3n) is 4.43. The average molecular weight is 413 g/mol. The van der Waals surface area contributed by atoms with Crippen LogP contribution in [0.2, 0.25) is 0 Å². The Hall–Kier alpha value is -0.990. The summed E-state index contributed by atoms with van der Waals surface area (Å²) in [5.74, 6) is 1.35. The highest BCUT2D eigenvalue weighted by atomic mass is 32.2. The molecule has 0 spiro atoms. The number of carbonyl (C=O) groups excluding carboxylic acids is 2. The van der Waals surface area contributed by atoms with Crippen LogP contribution in [0.25, 0.3) is 0 Å². The number of nitrogens with zero attached hydrogens (tertiary/aromatic N) is 1. The number of anilines is 1. The minimum Gasteiger partial charge on any atom is -0.465 e. The van der Waals surface area contributed by atoms with Gasteiger partial charge in [-0.3, -0.25) is 9.79 Å². The Balaban J connectivity index is 1.68. The van der Waals surface area contributed by atoms with Gasteiger partial charge in [-0.05, 0) is 31.2 Å². The molecule has 1 aliphatic carbocycles. The van der Waals surface area contributed by atoms with Gasteiger partial charge in [0.1, 0.15) is 9.38 Å². The molecule has 3 rings (SSSR count). The van der Waals surface area contributed by atoms with Crippen LogP contribution in [0, 0.1) is 0 Å². The summed E-state index contributed by atoms with van der Waals surface area (Å²) in [5, 5.41) is 3.63. The Labute approximate surface area is 166 Å². The van der Waals surface area contributed by atoms with Crippen molar-refractivity contribution in [1.82, 2.24) is 0 Å². The number of aliphatic imine (C=N–C) groups is 1. The predicted molar refractivity (Wildman–Crippen MR) is 112 cm³/mol. The molecule has 0 saturated carbocycles. The van der Waals surface area contributed by atoms with E-state index in [1.54, 1.807) is 34.9 Å². The number of aryl methyl sites for hydroxylation is 1. The fourth-order valence-corrected chi connectivity index (χ4v) is 6.46. The average Bonchev–Trinajstić information content (AvgIpc) is 3.23. The van der Waals surface area contributed by atoms with Crippen LogP contribution in [-0.2, 0) is 22.4 Å². The molecule has 0 aromatic carbocycles. The Morgan fingerprint density at radius 2 is 2.04 bits per heavy atom. The highest BCUT2D eigenvalue weighted by Gasteiger charge is 2.25. The minimum atomic E-state index is -0.343. The van der Waals surface area contributed by atoms with Crippen LogP contribution in [0.4, 0.5) is 5.00 Å². The lowest BCUT2D eigenvalue weighted by atomic mass is 9.96. The number of rotatable bonds is 5. The molecule has 0 fully saturated rings. The maximum atomic E-state index is 12.4. The van der Waals surface area contributed by atoms with Crippen LogP contribution < -0.4 is 5.32 Å². The first-order valence-electron chi connectivity index (χ1n) is 9.01. The third kappa shape index (κ3) is 5.04. The quantitative estimate of drug-likeness (QED) is 0.728. The van der Waals surface area contributed by atoms with Gasteiger partial charge in [0.25, 0.3) is 0 Å². The first-order valence-corrected chi connectivity index (χ1v) is 11.8. The van der Waals surface area contributed by atoms with Gasteiger partial charge in [-0.15, -0.1) is 11.3 Å². The number of methoxy groups -OCH3 is 1. The van der Waals surface area contributed by atoms with Crippen molar-refractivity contribution in [2.24, 2.45) is 4.99 Å². The summed E-state index contributed by atoms with van der Waals surface area (Å²) in [7, 11) is 1.40. The number of fused-ring (bicyclic) bond motifs is 1. The summed E-state index contributed by atoms with van der Waals surface area (Å²) in [6.07, 6.45) is 6.91. The molecule has 1 N–H and O–H groups in total. The number of hydrogen-bond donors (Lipinski definition) is 1. The number of esters is 1. The summed E-state index contributed by atoms with van der Waals surface area (Å²) in [4.78, 5) is 30.3. The first-order chi connectivity index (χ1) is 12.7. The molecule has 2 heterocycles. The number of carbonyl (C=O) groups is 2. The van der Waals surface area contributed by atoms with Gasteiger partial charge in [-0.1, -0.05) is 36.4 Å². The molecule has 0 saturated heterocycles. The van der Waals surface area contributed by atoms with E-state index in [0.29, 0.717) is 22.7 Å². The Bertz CT molecular complexity index is 700. The Morgan fingerprint density at radius 3 is 2.77 bits per heavy atom. The molecule has 142 valence electrons. The van der Waals surface area contributed by atoms with E-state index in [2.05, 4.69) is 10.3 Å². The zero-order valence-electron chi connectivity index (χ0n) is 15.0. The van der Waals surface area contributed by atoms with E-state index in [0.717, 1.165) is 47.9 Å². The summed E-state index contributed by atoms with van der Waals surface area (Å²) in [6, 6.07) is 0. The smallest absolute Gasteiger partial charge is 0.341 e. The minimum absolute atomic E-state index is 0.0551. The number of hydrogen-bond acceptors (Lipinski definition) is 7. The molecule has 26 heavy (non-hydrogen) atoms. The van der Waals surface area contributed by atoms with E-state index in [-0.39, 0.29) is 11.9 Å². The van der Waals surface area contributed by atoms with E-state index < -0.39 is 0 Å². The van der Waals surface area contributed by atoms with E-state index in [1.807, 2.05) is 0 Å². The van der Waals surface area contributed by atoms with Crippen molar-refractivity contribution in [2.75, 3.05) is 30.5 Å². The Morgan fingerprint density at radius 1 is 1.23 bits per heavy atom. The van der Waals surface area contributed by atoms with Crippen LogP contribution in [0.15, 0.2) is 4.99 Å². The van der Waals surface area contributed by atoms with E-state index in [9.17, 15) is 9.59 Å². The van der Waals surface area contributed by atoms with Gasteiger partial charge < -0.3 is 10.1 Å². The molecule has 0 radical (unpaired) electrons. The Kier molecular flexibility index (Phi) is 7.45. The fourth-order valence-electron chi connectivity index (χ4n) is 3.15. The molecule has 1 aromatic rings. The number of thiophene rings is 1. The van der Waals surface area contributed by atoms with Crippen LogP contribution in [0.5, 0.6) is 0 Å². The van der Waals surface area contributed by atoms with E-state index in [1.165, 1.54) is 24.8 Å². The lowest BCUT2D eigenvalue weighted by molar-refractivity contribution is -0.115. The molecule has 1 aromatic heterocycles. The van der Waals surface area contributed by atoms with E-state index in [4.69, 9.17) is 4.74 Å². The molecule has 0 bridgehead atoms. The third-order valence-corrected chi connectivity index (χ3v) is 7.89. The van der Waals surface area contributed by atoms with Crippen LogP contribution in [-0.4, -0.2) is 41.4 Å². The van der Waals surface area contributed by atoms with Crippen LogP contribution >= 0.6 is 34.9 Å². The first kappa shape index (κ1) is 19.8. The maximum absolute atomic E-state index is 12.4. The summed E-state index contributed by atoms with van der Waals surface area (Å²) in [5.41, 5.74) is 1.66.